The van der Waals surface area contributed by atoms with E-state index in [1.165, 1.54) is 238 Å². The number of aliphatic hydroxyl groups is 1. The SMILES string of the molecule is CCCCCCCCCCCCC[C@@H](CCCCCCC)CCOC[C@@H]1COC(c2ccccc2)=N1.CCCCCCCCCCCCC[C@@H](CCCCCCC)CCOS(C)(=O)=O.OC[C@@H]1COC(c2ccccc2)=N1. The van der Waals surface area contributed by atoms with E-state index >= 15 is 0 Å². The summed E-state index contributed by atoms with van der Waals surface area (Å²) < 4.78 is 44.6. The topological polar surface area (TPSA) is 116 Å². The van der Waals surface area contributed by atoms with Crippen molar-refractivity contribution < 1.29 is 31.9 Å². The molecule has 444 valence electrons. The van der Waals surface area contributed by atoms with E-state index in [-0.39, 0.29) is 18.7 Å². The zero-order valence-electron chi connectivity index (χ0n) is 50.4. The van der Waals surface area contributed by atoms with Gasteiger partial charge in [0.25, 0.3) is 10.1 Å². The fourth-order valence-corrected chi connectivity index (χ4v) is 10.9. The Morgan fingerprint density at radius 3 is 1.09 bits per heavy atom. The van der Waals surface area contributed by atoms with Crippen molar-refractivity contribution in [3.8, 4) is 0 Å². The fraction of sp³-hybridized carbons (Fsp3) is 0.791. The minimum Gasteiger partial charge on any atom is -0.475 e. The maximum absolute atomic E-state index is 11.2. The minimum absolute atomic E-state index is 0.0519. The van der Waals surface area contributed by atoms with E-state index in [4.69, 9.17) is 28.5 Å². The summed E-state index contributed by atoms with van der Waals surface area (Å²) in [7, 11) is -3.30. The van der Waals surface area contributed by atoms with Gasteiger partial charge in [-0.15, -0.1) is 0 Å². The van der Waals surface area contributed by atoms with Crippen LogP contribution in [0.5, 0.6) is 0 Å². The van der Waals surface area contributed by atoms with Crippen LogP contribution in [0.4, 0.5) is 0 Å². The van der Waals surface area contributed by atoms with Crippen LogP contribution >= 0.6 is 0 Å². The molecule has 1 N–H and O–H groups in total. The van der Waals surface area contributed by atoms with Gasteiger partial charge in [-0.1, -0.05) is 295 Å². The number of aliphatic hydroxyl groups excluding tert-OH is 1. The molecular weight excluding hydrogens is 977 g/mol. The van der Waals surface area contributed by atoms with Gasteiger partial charge in [0.2, 0.25) is 11.8 Å². The molecule has 2 aliphatic rings. The first-order valence-electron chi connectivity index (χ1n) is 32.3. The number of rotatable bonds is 48. The van der Waals surface area contributed by atoms with Gasteiger partial charge in [0.1, 0.15) is 25.3 Å². The predicted octanol–water partition coefficient (Wildman–Crippen LogP) is 18.8. The van der Waals surface area contributed by atoms with E-state index in [0.717, 1.165) is 42.2 Å². The summed E-state index contributed by atoms with van der Waals surface area (Å²) in [5, 5.41) is 8.84. The Kier molecular flexibility index (Phi) is 45.8. The Labute approximate surface area is 474 Å². The van der Waals surface area contributed by atoms with Crippen LogP contribution in [0.1, 0.15) is 283 Å². The van der Waals surface area contributed by atoms with Crippen molar-refractivity contribution in [2.75, 3.05) is 45.9 Å². The van der Waals surface area contributed by atoms with Gasteiger partial charge < -0.3 is 19.3 Å². The monoisotopic (exact) mass is 1090 g/mol. The molecular formula is C67H118N2O7S. The van der Waals surface area contributed by atoms with Crippen molar-refractivity contribution in [2.45, 2.75) is 284 Å². The van der Waals surface area contributed by atoms with Crippen LogP contribution in [0.15, 0.2) is 70.6 Å². The highest BCUT2D eigenvalue weighted by atomic mass is 32.2. The molecule has 0 fully saturated rings. The lowest BCUT2D eigenvalue weighted by atomic mass is 9.91. The molecule has 2 aromatic carbocycles. The zero-order valence-corrected chi connectivity index (χ0v) is 51.2. The van der Waals surface area contributed by atoms with Crippen LogP contribution in [0.2, 0.25) is 0 Å². The molecule has 2 aromatic rings. The van der Waals surface area contributed by atoms with Gasteiger partial charge >= 0.3 is 0 Å². The Balaban J connectivity index is 0.000000435. The fourth-order valence-electron chi connectivity index (χ4n) is 10.5. The molecule has 0 bridgehead atoms. The first-order chi connectivity index (χ1) is 37.7. The Bertz CT molecular complexity index is 1760. The maximum atomic E-state index is 11.2. The average Bonchev–Trinajstić information content (AvgIpc) is 4.14. The quantitative estimate of drug-likeness (QED) is 0.0518. The summed E-state index contributed by atoms with van der Waals surface area (Å²) in [6.45, 7) is 12.2. The zero-order chi connectivity index (χ0) is 55.5. The van der Waals surface area contributed by atoms with Crippen LogP contribution in [0, 0.1) is 11.8 Å². The number of hydrogen-bond acceptors (Lipinski definition) is 9. The number of hydrogen-bond donors (Lipinski definition) is 1. The second-order valence-corrected chi connectivity index (χ2v) is 24.3. The Morgan fingerprint density at radius 1 is 0.455 bits per heavy atom. The van der Waals surface area contributed by atoms with Crippen molar-refractivity contribution in [3.05, 3.63) is 71.8 Å². The smallest absolute Gasteiger partial charge is 0.264 e. The molecule has 0 spiro atoms. The van der Waals surface area contributed by atoms with E-state index in [0.29, 0.717) is 38.2 Å². The van der Waals surface area contributed by atoms with E-state index in [1.807, 2.05) is 48.5 Å². The Hall–Kier alpha value is -2.79. The van der Waals surface area contributed by atoms with E-state index in [9.17, 15) is 8.42 Å². The van der Waals surface area contributed by atoms with Crippen molar-refractivity contribution >= 4 is 21.9 Å². The number of unbranched alkanes of at least 4 members (excludes halogenated alkanes) is 28. The summed E-state index contributed by atoms with van der Waals surface area (Å²) in [5.74, 6) is 2.86. The molecule has 0 radical (unpaired) electrons. The third kappa shape index (κ3) is 41.0. The molecule has 0 unspecified atom stereocenters. The molecule has 2 aliphatic heterocycles. The van der Waals surface area contributed by atoms with Gasteiger partial charge in [-0.3, -0.25) is 4.18 Å². The third-order valence-electron chi connectivity index (χ3n) is 15.3. The first-order valence-corrected chi connectivity index (χ1v) is 34.1. The minimum atomic E-state index is -3.30. The van der Waals surface area contributed by atoms with Crippen molar-refractivity contribution in [1.82, 2.24) is 0 Å². The van der Waals surface area contributed by atoms with Gasteiger partial charge in [0, 0.05) is 17.7 Å². The molecule has 0 saturated heterocycles. The highest BCUT2D eigenvalue weighted by Gasteiger charge is 2.21. The van der Waals surface area contributed by atoms with Crippen LogP contribution in [-0.4, -0.2) is 83.3 Å². The number of aliphatic imine (C=N–C) groups is 2. The van der Waals surface area contributed by atoms with E-state index in [1.54, 1.807) is 0 Å². The molecule has 0 saturated carbocycles. The molecule has 77 heavy (non-hydrogen) atoms. The van der Waals surface area contributed by atoms with Crippen molar-refractivity contribution in [3.63, 3.8) is 0 Å². The summed E-state index contributed by atoms with van der Waals surface area (Å²) in [5.41, 5.74) is 2.04. The summed E-state index contributed by atoms with van der Waals surface area (Å²) in [6.07, 6.45) is 52.8. The number of benzene rings is 2. The van der Waals surface area contributed by atoms with Crippen LogP contribution in [0.25, 0.3) is 0 Å². The lowest BCUT2D eigenvalue weighted by Crippen LogP contribution is -2.16. The molecule has 2 heterocycles. The van der Waals surface area contributed by atoms with Crippen molar-refractivity contribution in [2.24, 2.45) is 21.8 Å². The third-order valence-corrected chi connectivity index (χ3v) is 15.9. The molecule has 0 aliphatic carbocycles. The summed E-state index contributed by atoms with van der Waals surface area (Å²) in [4.78, 5) is 8.95. The number of ether oxygens (including phenoxy) is 3. The van der Waals surface area contributed by atoms with Gasteiger partial charge in [-0.2, -0.15) is 8.42 Å². The van der Waals surface area contributed by atoms with Gasteiger partial charge in [0.15, 0.2) is 0 Å². The van der Waals surface area contributed by atoms with Gasteiger partial charge in [-0.25, -0.2) is 9.98 Å². The molecule has 10 heteroatoms. The summed E-state index contributed by atoms with van der Waals surface area (Å²) >= 11 is 0. The van der Waals surface area contributed by atoms with E-state index < -0.39 is 10.1 Å². The second-order valence-electron chi connectivity index (χ2n) is 22.7. The lowest BCUT2D eigenvalue weighted by molar-refractivity contribution is 0.0983. The molecule has 4 rings (SSSR count). The lowest BCUT2D eigenvalue weighted by Gasteiger charge is -2.17. The van der Waals surface area contributed by atoms with Crippen LogP contribution < -0.4 is 0 Å². The summed E-state index contributed by atoms with van der Waals surface area (Å²) in [6, 6.07) is 20.0. The van der Waals surface area contributed by atoms with Gasteiger partial charge in [-0.05, 0) is 48.9 Å². The molecule has 0 amide bonds. The van der Waals surface area contributed by atoms with Crippen LogP contribution in [0.3, 0.4) is 0 Å². The largest absolute Gasteiger partial charge is 0.475 e. The van der Waals surface area contributed by atoms with E-state index in [2.05, 4.69) is 44.8 Å². The average molecular weight is 1100 g/mol. The predicted molar refractivity (Wildman–Crippen MR) is 329 cm³/mol. The van der Waals surface area contributed by atoms with Gasteiger partial charge in [0.05, 0.1) is 26.1 Å². The molecule has 9 nitrogen and oxygen atoms in total. The highest BCUT2D eigenvalue weighted by Crippen LogP contribution is 2.25. The normalized spacial score (nSPS) is 15.9. The highest BCUT2D eigenvalue weighted by molar-refractivity contribution is 7.85. The van der Waals surface area contributed by atoms with Crippen molar-refractivity contribution in [1.29, 1.82) is 0 Å². The molecule has 4 atom stereocenters. The maximum Gasteiger partial charge on any atom is 0.264 e. The first kappa shape index (κ1) is 70.3. The standard InChI is InChI=1S/C33H57NO2.C24H50O3S.C10H11NO2/c1-3-5-7-9-10-11-12-13-14-16-19-23-30(22-18-15-8-6-4-2)26-27-35-28-32-29-36-33(34-32)31-24-20-17-21-25-31;1-4-6-8-10-11-12-13-14-15-17-19-21-24(20-18-16-9-7-5-2)22-23-27-28(3,25)26;12-6-9-7-13-10(11-9)8-4-2-1-3-5-8/h17,20-21,24-25,30,32H,3-16,18-19,22-23,26-29H2,1-2H3;24H,4-23H2,1-3H3;1-5,9,12H,6-7H2/t30-,32-;24-;9-/m111/s1. The Morgan fingerprint density at radius 2 is 0.766 bits per heavy atom. The number of nitrogens with zero attached hydrogens (tertiary/aromatic N) is 2. The van der Waals surface area contributed by atoms with Crippen LogP contribution in [-0.2, 0) is 28.5 Å². The second kappa shape index (κ2) is 50.2. The molecule has 0 aromatic heterocycles.